The lowest BCUT2D eigenvalue weighted by atomic mass is 10.2. The van der Waals surface area contributed by atoms with E-state index < -0.39 is 0 Å². The number of furan rings is 1. The van der Waals surface area contributed by atoms with Gasteiger partial charge in [-0.05, 0) is 51.1 Å². The number of carbonyl (C=O) groups excluding carboxylic acids is 1. The third kappa shape index (κ3) is 3.62. The molecule has 2 aromatic heterocycles. The van der Waals surface area contributed by atoms with Crippen molar-refractivity contribution in [3.05, 3.63) is 71.8 Å². The lowest BCUT2D eigenvalue weighted by Crippen LogP contribution is -2.30. The fourth-order valence-corrected chi connectivity index (χ4v) is 2.98. The van der Waals surface area contributed by atoms with Gasteiger partial charge in [-0.3, -0.25) is 0 Å². The van der Waals surface area contributed by atoms with Gasteiger partial charge < -0.3 is 19.5 Å². The van der Waals surface area contributed by atoms with E-state index >= 15 is 0 Å². The van der Waals surface area contributed by atoms with E-state index in [9.17, 15) is 4.79 Å². The van der Waals surface area contributed by atoms with Crippen LogP contribution < -0.4 is 10.6 Å². The molecule has 4 rings (SSSR count). The monoisotopic (exact) mass is 375 g/mol. The number of benzene rings is 2. The molecule has 1 unspecified atom stereocenters. The fraction of sp³-hybridized carbons (Fsp3) is 0.182. The minimum atomic E-state index is -0.315. The van der Waals surface area contributed by atoms with Gasteiger partial charge in [0.05, 0.1) is 11.7 Å². The zero-order chi connectivity index (χ0) is 19.7. The number of hydrogen-bond donors (Lipinski definition) is 2. The number of hydrogen-bond acceptors (Lipinski definition) is 4. The van der Waals surface area contributed by atoms with E-state index in [0.717, 1.165) is 28.0 Å². The Morgan fingerprint density at radius 3 is 2.61 bits per heavy atom. The summed E-state index contributed by atoms with van der Waals surface area (Å²) in [5, 5.41) is 6.75. The predicted octanol–water partition coefficient (Wildman–Crippen LogP) is 5.59. The highest BCUT2D eigenvalue weighted by Crippen LogP contribution is 2.25. The Hall–Kier alpha value is -3.54. The maximum atomic E-state index is 12.4. The predicted molar refractivity (Wildman–Crippen MR) is 108 cm³/mol. The van der Waals surface area contributed by atoms with Gasteiger partial charge in [0.25, 0.3) is 0 Å². The van der Waals surface area contributed by atoms with E-state index in [0.29, 0.717) is 17.3 Å². The van der Waals surface area contributed by atoms with Crippen molar-refractivity contribution in [2.45, 2.75) is 26.8 Å². The van der Waals surface area contributed by atoms with Gasteiger partial charge in [0.15, 0.2) is 0 Å². The third-order valence-corrected chi connectivity index (χ3v) is 4.61. The number of nitrogens with one attached hydrogen (secondary N) is 2. The number of carbonyl (C=O) groups is 1. The topological polar surface area (TPSA) is 80.3 Å². The second kappa shape index (κ2) is 7.23. The summed E-state index contributed by atoms with van der Waals surface area (Å²) in [6.07, 6.45) is 0. The molecular weight excluding hydrogens is 354 g/mol. The van der Waals surface area contributed by atoms with Crippen LogP contribution in [0.5, 0.6) is 0 Å². The first-order valence-corrected chi connectivity index (χ1v) is 9.10. The second-order valence-corrected chi connectivity index (χ2v) is 6.75. The number of aryl methyl sites for hydroxylation is 2. The van der Waals surface area contributed by atoms with Gasteiger partial charge in [-0.15, -0.1) is 0 Å². The minimum absolute atomic E-state index is 0.271. The van der Waals surface area contributed by atoms with Crippen LogP contribution in [0.2, 0.25) is 0 Å². The molecular formula is C22H21N3O3. The van der Waals surface area contributed by atoms with Crippen LogP contribution in [0.25, 0.3) is 22.4 Å². The van der Waals surface area contributed by atoms with Crippen LogP contribution in [0.1, 0.15) is 30.2 Å². The van der Waals surface area contributed by atoms with Crippen molar-refractivity contribution in [1.82, 2.24) is 10.3 Å². The molecule has 0 aliphatic heterocycles. The summed E-state index contributed by atoms with van der Waals surface area (Å²) >= 11 is 0. The van der Waals surface area contributed by atoms with Gasteiger partial charge >= 0.3 is 6.03 Å². The van der Waals surface area contributed by atoms with Crippen molar-refractivity contribution in [2.24, 2.45) is 0 Å². The van der Waals surface area contributed by atoms with E-state index in [1.165, 1.54) is 0 Å². The summed E-state index contributed by atoms with van der Waals surface area (Å²) in [6.45, 7) is 5.66. The standard InChI is InChI=1S/C22H21N3O3/c1-13-15(3)27-21(23-13)17-8-6-9-18(11-17)25-22(26)24-14(2)20-12-16-7-4-5-10-19(16)28-20/h4-12,14H,1-3H3,(H2,24,25,26). The van der Waals surface area contributed by atoms with Crippen LogP contribution in [0.15, 0.2) is 63.4 Å². The molecule has 0 aliphatic rings. The zero-order valence-corrected chi connectivity index (χ0v) is 15.9. The normalized spacial score (nSPS) is 12.1. The summed E-state index contributed by atoms with van der Waals surface area (Å²) in [4.78, 5) is 16.8. The molecule has 2 amide bonds. The summed E-state index contributed by atoms with van der Waals surface area (Å²) < 4.78 is 11.5. The molecule has 28 heavy (non-hydrogen) atoms. The Morgan fingerprint density at radius 2 is 1.86 bits per heavy atom. The van der Waals surface area contributed by atoms with Gasteiger partial charge in [0.1, 0.15) is 17.1 Å². The maximum Gasteiger partial charge on any atom is 0.319 e. The average molecular weight is 375 g/mol. The molecule has 0 bridgehead atoms. The van der Waals surface area contributed by atoms with Crippen LogP contribution in [-0.2, 0) is 0 Å². The van der Waals surface area contributed by atoms with Gasteiger partial charge in [0, 0.05) is 16.6 Å². The van der Waals surface area contributed by atoms with Crippen molar-refractivity contribution in [1.29, 1.82) is 0 Å². The average Bonchev–Trinajstić information content (AvgIpc) is 3.25. The molecule has 6 heteroatoms. The van der Waals surface area contributed by atoms with Crippen LogP contribution in [-0.4, -0.2) is 11.0 Å². The highest BCUT2D eigenvalue weighted by molar-refractivity contribution is 5.90. The first-order valence-electron chi connectivity index (χ1n) is 9.10. The summed E-state index contributed by atoms with van der Waals surface area (Å²) in [6, 6.07) is 16.5. The Morgan fingerprint density at radius 1 is 1.04 bits per heavy atom. The molecule has 2 heterocycles. The quantitative estimate of drug-likeness (QED) is 0.487. The Labute approximate surface area is 162 Å². The van der Waals surface area contributed by atoms with Crippen LogP contribution >= 0.6 is 0 Å². The fourth-order valence-electron chi connectivity index (χ4n) is 2.98. The smallest absolute Gasteiger partial charge is 0.319 e. The van der Waals surface area contributed by atoms with Gasteiger partial charge in [0.2, 0.25) is 5.89 Å². The SMILES string of the molecule is Cc1nc(-c2cccc(NC(=O)NC(C)c3cc4ccccc4o3)c2)oc1C. The van der Waals surface area contributed by atoms with Gasteiger partial charge in [-0.25, -0.2) is 9.78 Å². The molecule has 4 aromatic rings. The number of fused-ring (bicyclic) bond motifs is 1. The minimum Gasteiger partial charge on any atom is -0.459 e. The van der Waals surface area contributed by atoms with Gasteiger partial charge in [-0.1, -0.05) is 24.3 Å². The molecule has 142 valence electrons. The largest absolute Gasteiger partial charge is 0.459 e. The van der Waals surface area contributed by atoms with E-state index in [-0.39, 0.29) is 12.1 Å². The third-order valence-electron chi connectivity index (χ3n) is 4.61. The van der Waals surface area contributed by atoms with Crippen molar-refractivity contribution in [3.63, 3.8) is 0 Å². The van der Waals surface area contributed by atoms with E-state index in [1.54, 1.807) is 0 Å². The zero-order valence-electron chi connectivity index (χ0n) is 15.9. The van der Waals surface area contributed by atoms with Crippen molar-refractivity contribution in [2.75, 3.05) is 5.32 Å². The number of oxazole rings is 1. The molecule has 0 radical (unpaired) electrons. The summed E-state index contributed by atoms with van der Waals surface area (Å²) in [5.74, 6) is 2.02. The molecule has 0 saturated carbocycles. The van der Waals surface area contributed by atoms with Crippen molar-refractivity contribution >= 4 is 22.7 Å². The van der Waals surface area contributed by atoms with E-state index in [4.69, 9.17) is 8.83 Å². The van der Waals surface area contributed by atoms with Crippen molar-refractivity contribution in [3.8, 4) is 11.5 Å². The van der Waals surface area contributed by atoms with Crippen LogP contribution in [0, 0.1) is 13.8 Å². The highest BCUT2D eigenvalue weighted by atomic mass is 16.4. The lowest BCUT2D eigenvalue weighted by Gasteiger charge is -2.13. The van der Waals surface area contributed by atoms with E-state index in [1.807, 2.05) is 75.4 Å². The Kier molecular flexibility index (Phi) is 4.61. The first-order chi connectivity index (χ1) is 13.5. The number of rotatable bonds is 4. The second-order valence-electron chi connectivity index (χ2n) is 6.75. The summed E-state index contributed by atoms with van der Waals surface area (Å²) in [5.41, 5.74) is 3.11. The number of para-hydroxylation sites is 1. The van der Waals surface area contributed by atoms with Crippen molar-refractivity contribution < 1.29 is 13.6 Å². The van der Waals surface area contributed by atoms with E-state index in [2.05, 4.69) is 15.6 Å². The molecule has 1 atom stereocenters. The highest BCUT2D eigenvalue weighted by Gasteiger charge is 2.15. The van der Waals surface area contributed by atoms with Crippen LogP contribution in [0.4, 0.5) is 10.5 Å². The molecule has 0 aliphatic carbocycles. The molecule has 2 aromatic carbocycles. The Balaban J connectivity index is 1.45. The molecule has 0 spiro atoms. The Bertz CT molecular complexity index is 1090. The molecule has 6 nitrogen and oxygen atoms in total. The number of nitrogens with zero attached hydrogens (tertiary/aromatic N) is 1. The molecule has 0 fully saturated rings. The number of amides is 2. The molecule has 2 N–H and O–H groups in total. The van der Waals surface area contributed by atoms with Crippen LogP contribution in [0.3, 0.4) is 0 Å². The maximum absolute atomic E-state index is 12.4. The number of anilines is 1. The van der Waals surface area contributed by atoms with Gasteiger partial charge in [-0.2, -0.15) is 0 Å². The number of urea groups is 1. The molecule has 0 saturated heterocycles. The lowest BCUT2D eigenvalue weighted by molar-refractivity contribution is 0.248. The number of aromatic nitrogens is 1. The summed E-state index contributed by atoms with van der Waals surface area (Å²) in [7, 11) is 0. The first kappa shape index (κ1) is 17.9.